The highest BCUT2D eigenvalue weighted by molar-refractivity contribution is 5.76. The van der Waals surface area contributed by atoms with E-state index in [1.165, 1.54) is 199 Å². The minimum Gasteiger partial charge on any atom is -0.466 e. The number of esters is 1. The third-order valence-corrected chi connectivity index (χ3v) is 12.3. The van der Waals surface area contributed by atoms with Crippen molar-refractivity contribution < 1.29 is 24.5 Å². The van der Waals surface area contributed by atoms with Crippen molar-refractivity contribution in [2.75, 3.05) is 13.2 Å². The molecule has 0 fully saturated rings. The van der Waals surface area contributed by atoms with E-state index in [2.05, 4.69) is 31.3 Å². The molecule has 0 aromatic heterocycles. The lowest BCUT2D eigenvalue weighted by Crippen LogP contribution is -2.45. The lowest BCUT2D eigenvalue weighted by atomic mass is 10.0. The minimum absolute atomic E-state index is 0.0173. The number of aliphatic hydroxyl groups is 2. The van der Waals surface area contributed by atoms with Crippen LogP contribution in [0.5, 0.6) is 0 Å². The van der Waals surface area contributed by atoms with Crippen molar-refractivity contribution >= 4 is 11.9 Å². The fourth-order valence-corrected chi connectivity index (χ4v) is 8.22. The second-order valence-corrected chi connectivity index (χ2v) is 18.2. The molecule has 0 bridgehead atoms. The van der Waals surface area contributed by atoms with Crippen molar-refractivity contribution in [3.05, 3.63) is 12.2 Å². The van der Waals surface area contributed by atoms with Crippen molar-refractivity contribution in [2.24, 2.45) is 0 Å². The van der Waals surface area contributed by atoms with Gasteiger partial charge in [-0.2, -0.15) is 0 Å². The van der Waals surface area contributed by atoms with Gasteiger partial charge < -0.3 is 20.3 Å². The van der Waals surface area contributed by atoms with E-state index in [4.69, 9.17) is 4.74 Å². The molecule has 0 rings (SSSR count). The Balaban J connectivity index is 3.46. The maximum atomic E-state index is 12.5. The van der Waals surface area contributed by atoms with Gasteiger partial charge in [0.05, 0.1) is 25.4 Å². The van der Waals surface area contributed by atoms with E-state index in [0.717, 1.165) is 57.8 Å². The smallest absolute Gasteiger partial charge is 0.305 e. The number of carbonyl (C=O) groups is 2. The number of allylic oxidation sites excluding steroid dienone is 2. The van der Waals surface area contributed by atoms with Crippen molar-refractivity contribution in [3.63, 3.8) is 0 Å². The Labute approximate surface area is 368 Å². The molecule has 1 amide bonds. The Kier molecular flexibility index (Phi) is 48.1. The Bertz CT molecular complexity index is 878. The van der Waals surface area contributed by atoms with Crippen LogP contribution in [0.3, 0.4) is 0 Å². The molecule has 2 unspecified atom stereocenters. The molecule has 0 aliphatic rings. The van der Waals surface area contributed by atoms with Gasteiger partial charge in [-0.25, -0.2) is 0 Å². The number of amides is 1. The Morgan fingerprint density at radius 3 is 1.20 bits per heavy atom. The van der Waals surface area contributed by atoms with Crippen LogP contribution in [-0.2, 0) is 14.3 Å². The SMILES string of the molecule is CCCCCCC/C=C\CCCCCCCC(=O)OCCCCCCCCCCCCCCC(=O)NC(CO)C(O)CCCCCCCCCCCCCCCCCC. The highest BCUT2D eigenvalue weighted by Crippen LogP contribution is 2.17. The van der Waals surface area contributed by atoms with Gasteiger partial charge in [-0.05, 0) is 51.4 Å². The van der Waals surface area contributed by atoms with Gasteiger partial charge in [0.25, 0.3) is 0 Å². The molecule has 0 aromatic carbocycles. The molecule has 6 nitrogen and oxygen atoms in total. The van der Waals surface area contributed by atoms with E-state index in [9.17, 15) is 19.8 Å². The van der Waals surface area contributed by atoms with Gasteiger partial charge in [-0.15, -0.1) is 0 Å². The standard InChI is InChI=1S/C53H103NO5/c1-3-5-7-9-11-13-15-17-19-20-21-25-29-33-37-41-45-51(56)50(49-55)54-52(57)46-42-38-34-30-26-23-24-28-32-36-40-44-48-59-53(58)47-43-39-35-31-27-22-18-16-14-12-10-8-6-4-2/h16,18,50-51,55-56H,3-15,17,19-49H2,1-2H3,(H,54,57)/b18-16-. The molecular weight excluding hydrogens is 731 g/mol. The molecule has 0 radical (unpaired) electrons. The monoisotopic (exact) mass is 834 g/mol. The topological polar surface area (TPSA) is 95.9 Å². The normalized spacial score (nSPS) is 12.7. The number of rotatable bonds is 49. The number of unbranched alkanes of at least 4 members (excludes halogenated alkanes) is 36. The van der Waals surface area contributed by atoms with Crippen molar-refractivity contribution in [3.8, 4) is 0 Å². The van der Waals surface area contributed by atoms with Crippen LogP contribution < -0.4 is 5.32 Å². The van der Waals surface area contributed by atoms with E-state index < -0.39 is 12.1 Å². The molecule has 0 saturated heterocycles. The van der Waals surface area contributed by atoms with Crippen molar-refractivity contribution in [1.29, 1.82) is 0 Å². The highest BCUT2D eigenvalue weighted by Gasteiger charge is 2.20. The summed E-state index contributed by atoms with van der Waals surface area (Å²) in [6.45, 7) is 4.92. The number of hydrogen-bond donors (Lipinski definition) is 3. The van der Waals surface area contributed by atoms with Crippen LogP contribution in [-0.4, -0.2) is 47.4 Å². The van der Waals surface area contributed by atoms with Crippen LogP contribution in [0, 0.1) is 0 Å². The van der Waals surface area contributed by atoms with Gasteiger partial charge in [-0.3, -0.25) is 9.59 Å². The molecule has 0 saturated carbocycles. The first-order valence-electron chi connectivity index (χ1n) is 26.4. The van der Waals surface area contributed by atoms with Gasteiger partial charge in [0.15, 0.2) is 0 Å². The molecule has 3 N–H and O–H groups in total. The zero-order valence-corrected chi connectivity index (χ0v) is 39.7. The summed E-state index contributed by atoms with van der Waals surface area (Å²) < 4.78 is 5.45. The number of aliphatic hydroxyl groups excluding tert-OH is 2. The summed E-state index contributed by atoms with van der Waals surface area (Å²) in [5, 5.41) is 23.2. The molecule has 0 heterocycles. The summed E-state index contributed by atoms with van der Waals surface area (Å²) in [6.07, 6.45) is 56.0. The quantitative estimate of drug-likeness (QED) is 0.0322. The molecule has 6 heteroatoms. The summed E-state index contributed by atoms with van der Waals surface area (Å²) in [5.74, 6) is -0.0665. The molecule has 0 aliphatic heterocycles. The number of nitrogens with one attached hydrogen (secondary N) is 1. The largest absolute Gasteiger partial charge is 0.466 e. The van der Waals surface area contributed by atoms with Gasteiger partial charge >= 0.3 is 5.97 Å². The maximum Gasteiger partial charge on any atom is 0.305 e. The zero-order valence-electron chi connectivity index (χ0n) is 39.7. The fraction of sp³-hybridized carbons (Fsp3) is 0.925. The Morgan fingerprint density at radius 1 is 0.458 bits per heavy atom. The average Bonchev–Trinajstić information content (AvgIpc) is 3.24. The van der Waals surface area contributed by atoms with Gasteiger partial charge in [-0.1, -0.05) is 238 Å². The molecule has 0 spiro atoms. The van der Waals surface area contributed by atoms with Crippen molar-refractivity contribution in [2.45, 2.75) is 302 Å². The van der Waals surface area contributed by atoms with Crippen LogP contribution in [0.15, 0.2) is 12.2 Å². The minimum atomic E-state index is -0.674. The summed E-state index contributed by atoms with van der Waals surface area (Å²) in [7, 11) is 0. The summed E-state index contributed by atoms with van der Waals surface area (Å²) in [6, 6.07) is -0.552. The molecule has 59 heavy (non-hydrogen) atoms. The first-order valence-corrected chi connectivity index (χ1v) is 26.4. The van der Waals surface area contributed by atoms with Gasteiger partial charge in [0.1, 0.15) is 0 Å². The first kappa shape index (κ1) is 57.6. The third kappa shape index (κ3) is 45.9. The van der Waals surface area contributed by atoms with E-state index >= 15 is 0 Å². The lowest BCUT2D eigenvalue weighted by Gasteiger charge is -2.22. The number of carbonyl (C=O) groups excluding carboxylic acids is 2. The summed E-state index contributed by atoms with van der Waals surface area (Å²) in [4.78, 5) is 24.5. The van der Waals surface area contributed by atoms with E-state index in [0.29, 0.717) is 25.9 Å². The van der Waals surface area contributed by atoms with Gasteiger partial charge in [0.2, 0.25) is 5.91 Å². The van der Waals surface area contributed by atoms with Crippen LogP contribution in [0.25, 0.3) is 0 Å². The predicted molar refractivity (Wildman–Crippen MR) is 255 cm³/mol. The second kappa shape index (κ2) is 49.3. The molecule has 0 aromatic rings. The van der Waals surface area contributed by atoms with Crippen LogP contribution in [0.1, 0.15) is 290 Å². The van der Waals surface area contributed by atoms with E-state index in [1.54, 1.807) is 0 Å². The Hall–Kier alpha value is -1.40. The van der Waals surface area contributed by atoms with Crippen LogP contribution in [0.2, 0.25) is 0 Å². The summed E-state index contributed by atoms with van der Waals surface area (Å²) in [5.41, 5.74) is 0. The zero-order chi connectivity index (χ0) is 43.0. The summed E-state index contributed by atoms with van der Waals surface area (Å²) >= 11 is 0. The lowest BCUT2D eigenvalue weighted by molar-refractivity contribution is -0.143. The van der Waals surface area contributed by atoms with E-state index in [-0.39, 0.29) is 18.5 Å². The Morgan fingerprint density at radius 2 is 0.797 bits per heavy atom. The van der Waals surface area contributed by atoms with Gasteiger partial charge in [0, 0.05) is 12.8 Å². The van der Waals surface area contributed by atoms with Crippen LogP contribution in [0.4, 0.5) is 0 Å². The molecule has 2 atom stereocenters. The van der Waals surface area contributed by atoms with Crippen LogP contribution >= 0.6 is 0 Å². The highest BCUT2D eigenvalue weighted by atomic mass is 16.5. The molecular formula is C53H103NO5. The van der Waals surface area contributed by atoms with E-state index in [1.807, 2.05) is 0 Å². The number of hydrogen-bond acceptors (Lipinski definition) is 5. The molecule has 0 aliphatic carbocycles. The fourth-order valence-electron chi connectivity index (χ4n) is 8.22. The second-order valence-electron chi connectivity index (χ2n) is 18.2. The predicted octanol–water partition coefficient (Wildman–Crippen LogP) is 15.7. The average molecular weight is 834 g/mol. The maximum absolute atomic E-state index is 12.5. The van der Waals surface area contributed by atoms with Crippen molar-refractivity contribution in [1.82, 2.24) is 5.32 Å². The first-order chi connectivity index (χ1) is 29.0. The number of ether oxygens (including phenoxy) is 1. The third-order valence-electron chi connectivity index (χ3n) is 12.3. The molecule has 350 valence electrons.